The predicted molar refractivity (Wildman–Crippen MR) is 74.5 cm³/mol. The fourth-order valence-corrected chi connectivity index (χ4v) is 2.48. The summed E-state index contributed by atoms with van der Waals surface area (Å²) < 4.78 is 5.20. The van der Waals surface area contributed by atoms with Crippen molar-refractivity contribution in [2.24, 2.45) is 0 Å². The summed E-state index contributed by atoms with van der Waals surface area (Å²) in [6.07, 6.45) is 6.77. The average Bonchev–Trinajstić information content (AvgIpc) is 2.67. The van der Waals surface area contributed by atoms with E-state index in [9.17, 15) is 9.59 Å². The van der Waals surface area contributed by atoms with Crippen molar-refractivity contribution in [1.82, 2.24) is 4.90 Å². The number of imide groups is 1. The molecule has 0 unspecified atom stereocenters. The Bertz CT molecular complexity index is 601. The Labute approximate surface area is 115 Å². The van der Waals surface area contributed by atoms with E-state index in [-0.39, 0.29) is 17.7 Å². The smallest absolute Gasteiger partial charge is 0.294 e. The number of nitrogens with zero attached hydrogens (tertiary/aromatic N) is 1. The third-order valence-electron chi connectivity index (χ3n) is 2.55. The van der Waals surface area contributed by atoms with Crippen molar-refractivity contribution < 1.29 is 14.3 Å². The van der Waals surface area contributed by atoms with E-state index in [1.807, 2.05) is 18.2 Å². The van der Waals surface area contributed by atoms with Gasteiger partial charge < -0.3 is 4.74 Å². The lowest BCUT2D eigenvalue weighted by Gasteiger charge is -2.07. The molecule has 19 heavy (non-hydrogen) atoms. The van der Waals surface area contributed by atoms with E-state index in [1.165, 1.54) is 0 Å². The van der Waals surface area contributed by atoms with Gasteiger partial charge in [-0.15, -0.1) is 6.42 Å². The number of benzene rings is 1. The number of hydrogen-bond donors (Lipinski definition) is 0. The largest absolute Gasteiger partial charge is 0.496 e. The first kappa shape index (κ1) is 13.2. The van der Waals surface area contributed by atoms with Gasteiger partial charge in [-0.1, -0.05) is 24.1 Å². The van der Waals surface area contributed by atoms with E-state index in [2.05, 4.69) is 5.92 Å². The molecular weight excluding hydrogens is 262 g/mol. The molecule has 1 saturated heterocycles. The van der Waals surface area contributed by atoms with Gasteiger partial charge >= 0.3 is 0 Å². The van der Waals surface area contributed by atoms with Gasteiger partial charge in [0.1, 0.15) is 5.75 Å². The lowest BCUT2D eigenvalue weighted by molar-refractivity contribution is -0.122. The lowest BCUT2D eigenvalue weighted by atomic mass is 10.2. The fraction of sp³-hybridized carbons (Fsp3) is 0.143. The molecule has 0 aliphatic carbocycles. The number of methoxy groups -OCH3 is 1. The van der Waals surface area contributed by atoms with Crippen molar-refractivity contribution in [1.29, 1.82) is 0 Å². The normalized spacial score (nSPS) is 16.8. The molecule has 1 heterocycles. The Morgan fingerprint density at radius 2 is 2.16 bits per heavy atom. The standard InChI is InChI=1S/C14H11NO3S/c1-3-8-15-13(16)12(19-14(15)17)9-10-6-4-5-7-11(10)18-2/h1,4-7,9H,8H2,2H3/b12-9-. The quantitative estimate of drug-likeness (QED) is 0.626. The molecule has 1 aliphatic heterocycles. The second-order valence-corrected chi connectivity index (χ2v) is 4.71. The van der Waals surface area contributed by atoms with Gasteiger partial charge in [0, 0.05) is 5.56 Å². The first-order chi connectivity index (χ1) is 9.17. The van der Waals surface area contributed by atoms with Gasteiger partial charge in [-0.2, -0.15) is 0 Å². The van der Waals surface area contributed by atoms with E-state index < -0.39 is 0 Å². The molecule has 1 fully saturated rings. The highest BCUT2D eigenvalue weighted by Gasteiger charge is 2.34. The number of amides is 2. The molecule has 2 amide bonds. The molecule has 1 aromatic rings. The first-order valence-corrected chi connectivity index (χ1v) is 6.31. The summed E-state index contributed by atoms with van der Waals surface area (Å²) in [6.45, 7) is -0.00602. The number of hydrogen-bond acceptors (Lipinski definition) is 4. The van der Waals surface area contributed by atoms with Crippen molar-refractivity contribution in [3.05, 3.63) is 34.7 Å². The topological polar surface area (TPSA) is 46.6 Å². The lowest BCUT2D eigenvalue weighted by Crippen LogP contribution is -2.28. The van der Waals surface area contributed by atoms with E-state index in [0.29, 0.717) is 10.7 Å². The molecule has 4 nitrogen and oxygen atoms in total. The van der Waals surface area contributed by atoms with Crippen LogP contribution in [0.15, 0.2) is 29.2 Å². The molecule has 1 aromatic carbocycles. The Morgan fingerprint density at radius 3 is 2.84 bits per heavy atom. The summed E-state index contributed by atoms with van der Waals surface area (Å²) >= 11 is 0.883. The van der Waals surface area contributed by atoms with E-state index in [0.717, 1.165) is 22.2 Å². The molecule has 0 spiro atoms. The second kappa shape index (κ2) is 5.63. The summed E-state index contributed by atoms with van der Waals surface area (Å²) in [5, 5.41) is -0.343. The van der Waals surface area contributed by atoms with Crippen molar-refractivity contribution in [3.8, 4) is 18.1 Å². The molecule has 5 heteroatoms. The van der Waals surface area contributed by atoms with Crippen LogP contribution in [0.25, 0.3) is 6.08 Å². The maximum Gasteiger partial charge on any atom is 0.294 e. The molecule has 0 N–H and O–H groups in total. The Kier molecular flexibility index (Phi) is 3.93. The number of carbonyl (C=O) groups excluding carboxylic acids is 2. The SMILES string of the molecule is C#CCN1C(=O)S/C(=C\c2ccccc2OC)C1=O. The summed E-state index contributed by atoms with van der Waals surface area (Å²) in [5.74, 6) is 2.58. The summed E-state index contributed by atoms with van der Waals surface area (Å²) in [5.41, 5.74) is 0.746. The van der Waals surface area contributed by atoms with Crippen LogP contribution in [0.2, 0.25) is 0 Å². The van der Waals surface area contributed by atoms with Gasteiger partial charge in [-0.25, -0.2) is 0 Å². The highest BCUT2D eigenvalue weighted by Crippen LogP contribution is 2.33. The van der Waals surface area contributed by atoms with Crippen LogP contribution >= 0.6 is 11.8 Å². The summed E-state index contributed by atoms with van der Waals surface area (Å²) in [4.78, 5) is 25.0. The zero-order valence-electron chi connectivity index (χ0n) is 10.3. The monoisotopic (exact) mass is 273 g/mol. The molecule has 0 aromatic heterocycles. The van der Waals surface area contributed by atoms with Crippen LogP contribution in [-0.2, 0) is 4.79 Å². The zero-order valence-corrected chi connectivity index (χ0v) is 11.1. The van der Waals surface area contributed by atoms with Gasteiger partial charge in [0.05, 0.1) is 18.6 Å². The molecule has 0 bridgehead atoms. The van der Waals surface area contributed by atoms with Crippen LogP contribution in [0.4, 0.5) is 4.79 Å². The van der Waals surface area contributed by atoms with Gasteiger partial charge in [-0.3, -0.25) is 14.5 Å². The number of para-hydroxylation sites is 1. The van der Waals surface area contributed by atoms with Crippen molar-refractivity contribution in [2.45, 2.75) is 0 Å². The zero-order chi connectivity index (χ0) is 13.8. The maximum absolute atomic E-state index is 12.0. The molecule has 96 valence electrons. The molecule has 0 radical (unpaired) electrons. The van der Waals surface area contributed by atoms with Gasteiger partial charge in [0.2, 0.25) is 0 Å². The van der Waals surface area contributed by atoms with Gasteiger partial charge in [0.15, 0.2) is 0 Å². The van der Waals surface area contributed by atoms with Crippen LogP contribution in [0.1, 0.15) is 5.56 Å². The highest BCUT2D eigenvalue weighted by molar-refractivity contribution is 8.18. The number of carbonyl (C=O) groups is 2. The molecular formula is C14H11NO3S. The van der Waals surface area contributed by atoms with Crippen LogP contribution in [0, 0.1) is 12.3 Å². The average molecular weight is 273 g/mol. The molecule has 2 rings (SSSR count). The Balaban J connectivity index is 2.33. The number of ether oxygens (including phenoxy) is 1. The summed E-state index contributed by atoms with van der Waals surface area (Å²) in [7, 11) is 1.55. The minimum Gasteiger partial charge on any atom is -0.496 e. The van der Waals surface area contributed by atoms with E-state index >= 15 is 0 Å². The minimum atomic E-state index is -0.362. The van der Waals surface area contributed by atoms with Crippen LogP contribution in [-0.4, -0.2) is 29.7 Å². The van der Waals surface area contributed by atoms with E-state index in [1.54, 1.807) is 19.3 Å². The van der Waals surface area contributed by atoms with Crippen molar-refractivity contribution in [2.75, 3.05) is 13.7 Å². The highest BCUT2D eigenvalue weighted by atomic mass is 32.2. The van der Waals surface area contributed by atoms with Gasteiger partial charge in [-0.05, 0) is 23.9 Å². The Hall–Kier alpha value is -2.19. The van der Waals surface area contributed by atoms with E-state index in [4.69, 9.17) is 11.2 Å². The first-order valence-electron chi connectivity index (χ1n) is 5.49. The van der Waals surface area contributed by atoms with Gasteiger partial charge in [0.25, 0.3) is 11.1 Å². The molecule has 0 atom stereocenters. The minimum absolute atomic E-state index is 0.00602. The number of rotatable bonds is 3. The third kappa shape index (κ3) is 2.64. The van der Waals surface area contributed by atoms with Crippen LogP contribution in [0.3, 0.4) is 0 Å². The van der Waals surface area contributed by atoms with Crippen molar-refractivity contribution in [3.63, 3.8) is 0 Å². The number of terminal acetylenes is 1. The Morgan fingerprint density at radius 1 is 1.42 bits per heavy atom. The van der Waals surface area contributed by atoms with Crippen molar-refractivity contribution >= 4 is 29.0 Å². The fourth-order valence-electron chi connectivity index (χ4n) is 1.65. The molecule has 0 saturated carbocycles. The van der Waals surface area contributed by atoms with Crippen LogP contribution < -0.4 is 4.74 Å². The van der Waals surface area contributed by atoms with Crippen LogP contribution in [0.5, 0.6) is 5.75 Å². The predicted octanol–water partition coefficient (Wildman–Crippen LogP) is 2.36. The second-order valence-electron chi connectivity index (χ2n) is 3.71. The maximum atomic E-state index is 12.0. The number of thioether (sulfide) groups is 1. The summed E-state index contributed by atoms with van der Waals surface area (Å²) in [6, 6.07) is 7.27. The third-order valence-corrected chi connectivity index (χ3v) is 3.46. The molecule has 1 aliphatic rings.